The zero-order chi connectivity index (χ0) is 16.6. The van der Waals surface area contributed by atoms with Crippen molar-refractivity contribution in [1.29, 1.82) is 0 Å². The first-order chi connectivity index (χ1) is 11.0. The molecule has 126 valence electrons. The number of hydrogen-bond donors (Lipinski definition) is 0. The van der Waals surface area contributed by atoms with Crippen molar-refractivity contribution in [3.63, 3.8) is 0 Å². The summed E-state index contributed by atoms with van der Waals surface area (Å²) >= 11 is 0. The summed E-state index contributed by atoms with van der Waals surface area (Å²) in [6, 6.07) is 4.59. The molecule has 2 fully saturated rings. The van der Waals surface area contributed by atoms with E-state index in [1.807, 2.05) is 0 Å². The highest BCUT2D eigenvalue weighted by molar-refractivity contribution is 5.98. The Balaban J connectivity index is 1.95. The first-order valence-electron chi connectivity index (χ1n) is 9.23. The van der Waals surface area contributed by atoms with E-state index in [4.69, 9.17) is 0 Å². The number of hydrogen-bond acceptors (Lipinski definition) is 1. The van der Waals surface area contributed by atoms with Crippen LogP contribution in [-0.2, 0) is 4.79 Å². The standard InChI is InChI=1S/C20H31N2O/c1-5-22(11-6-7-12-22)18-9-8-10-21(20(18)23)19-16(3)13-15(2)14-17(19)4/h13-14,18H,5-12H2,1-4H3/q+1. The van der Waals surface area contributed by atoms with Crippen LogP contribution in [0.4, 0.5) is 5.69 Å². The van der Waals surface area contributed by atoms with Crippen LogP contribution < -0.4 is 4.90 Å². The topological polar surface area (TPSA) is 20.3 Å². The van der Waals surface area contributed by atoms with Crippen LogP contribution in [-0.4, -0.2) is 42.6 Å². The van der Waals surface area contributed by atoms with E-state index < -0.39 is 0 Å². The fraction of sp³-hybridized carbons (Fsp3) is 0.650. The van der Waals surface area contributed by atoms with Gasteiger partial charge in [0.15, 0.2) is 6.04 Å². The molecule has 0 N–H and O–H groups in total. The molecular weight excluding hydrogens is 284 g/mol. The molecule has 3 heteroatoms. The Morgan fingerprint density at radius 3 is 2.26 bits per heavy atom. The third-order valence-corrected chi connectivity index (χ3v) is 6.06. The number of carbonyl (C=O) groups excluding carboxylic acids is 1. The number of carbonyl (C=O) groups is 1. The van der Waals surface area contributed by atoms with Crippen LogP contribution in [0.15, 0.2) is 12.1 Å². The van der Waals surface area contributed by atoms with Gasteiger partial charge in [0.25, 0.3) is 5.91 Å². The molecule has 2 heterocycles. The zero-order valence-corrected chi connectivity index (χ0v) is 15.2. The van der Waals surface area contributed by atoms with Crippen molar-refractivity contribution in [1.82, 2.24) is 0 Å². The molecule has 0 saturated carbocycles. The second kappa shape index (κ2) is 6.27. The van der Waals surface area contributed by atoms with E-state index in [1.54, 1.807) is 0 Å². The molecule has 23 heavy (non-hydrogen) atoms. The third kappa shape index (κ3) is 2.80. The number of anilines is 1. The lowest BCUT2D eigenvalue weighted by atomic mass is 9.97. The summed E-state index contributed by atoms with van der Waals surface area (Å²) in [6.45, 7) is 13.0. The van der Waals surface area contributed by atoms with Crippen molar-refractivity contribution >= 4 is 11.6 Å². The summed E-state index contributed by atoms with van der Waals surface area (Å²) < 4.78 is 1.03. The van der Waals surface area contributed by atoms with Gasteiger partial charge in [0, 0.05) is 31.5 Å². The van der Waals surface area contributed by atoms with Gasteiger partial charge in [0.05, 0.1) is 19.6 Å². The van der Waals surface area contributed by atoms with Crippen molar-refractivity contribution in [3.05, 3.63) is 28.8 Å². The number of amides is 1. The number of aryl methyl sites for hydroxylation is 3. The van der Waals surface area contributed by atoms with E-state index in [0.29, 0.717) is 5.91 Å². The summed E-state index contributed by atoms with van der Waals surface area (Å²) in [5, 5.41) is 0. The molecule has 3 rings (SSSR count). The zero-order valence-electron chi connectivity index (χ0n) is 15.2. The molecule has 2 aliphatic rings. The third-order valence-electron chi connectivity index (χ3n) is 6.06. The van der Waals surface area contributed by atoms with E-state index in [9.17, 15) is 4.79 Å². The summed E-state index contributed by atoms with van der Waals surface area (Å²) in [4.78, 5) is 15.5. The van der Waals surface area contributed by atoms with Crippen LogP contribution in [0.5, 0.6) is 0 Å². The molecule has 0 aliphatic carbocycles. The van der Waals surface area contributed by atoms with Gasteiger partial charge in [-0.15, -0.1) is 0 Å². The van der Waals surface area contributed by atoms with Gasteiger partial charge < -0.3 is 9.38 Å². The average Bonchev–Trinajstić information content (AvgIpc) is 2.98. The molecule has 1 atom stereocenters. The van der Waals surface area contributed by atoms with E-state index >= 15 is 0 Å². The second-order valence-corrected chi connectivity index (χ2v) is 7.58. The minimum atomic E-state index is 0.177. The first kappa shape index (κ1) is 16.5. The van der Waals surface area contributed by atoms with Gasteiger partial charge in [-0.25, -0.2) is 0 Å². The van der Waals surface area contributed by atoms with Gasteiger partial charge in [-0.2, -0.15) is 0 Å². The van der Waals surface area contributed by atoms with Crippen LogP contribution in [0.3, 0.4) is 0 Å². The highest BCUT2D eigenvalue weighted by atomic mass is 16.2. The fourth-order valence-corrected chi connectivity index (χ4v) is 5.00. The van der Waals surface area contributed by atoms with Crippen molar-refractivity contribution in [3.8, 4) is 0 Å². The number of likely N-dealkylation sites (tertiary alicyclic amines) is 1. The maximum atomic E-state index is 13.4. The lowest BCUT2D eigenvalue weighted by Gasteiger charge is -2.44. The van der Waals surface area contributed by atoms with Gasteiger partial charge in [-0.05, 0) is 45.2 Å². The largest absolute Gasteiger partial charge is 0.314 e. The molecule has 0 bridgehead atoms. The molecule has 1 amide bonds. The predicted molar refractivity (Wildman–Crippen MR) is 95.8 cm³/mol. The molecule has 1 aromatic carbocycles. The maximum absolute atomic E-state index is 13.4. The van der Waals surface area contributed by atoms with Crippen LogP contribution in [0.25, 0.3) is 0 Å². The monoisotopic (exact) mass is 315 g/mol. The molecule has 2 saturated heterocycles. The Kier molecular flexibility index (Phi) is 4.50. The number of benzene rings is 1. The van der Waals surface area contributed by atoms with Crippen molar-refractivity contribution < 1.29 is 9.28 Å². The fourth-order valence-electron chi connectivity index (χ4n) is 5.00. The summed E-state index contributed by atoms with van der Waals surface area (Å²) in [5.41, 5.74) is 4.92. The minimum Gasteiger partial charge on any atom is -0.314 e. The SMILES string of the molecule is CC[N+]1(C2CCCN(c3c(C)cc(C)cc3C)C2=O)CCCC1. The lowest BCUT2D eigenvalue weighted by molar-refractivity contribution is -0.930. The van der Waals surface area contributed by atoms with Gasteiger partial charge in [-0.1, -0.05) is 17.7 Å². The first-order valence-corrected chi connectivity index (χ1v) is 9.23. The molecule has 0 spiro atoms. The smallest absolute Gasteiger partial charge is 0.285 e. The number of likely N-dealkylation sites (N-methyl/N-ethyl adjacent to an activating group) is 1. The second-order valence-electron chi connectivity index (χ2n) is 7.58. The van der Waals surface area contributed by atoms with E-state index in [-0.39, 0.29) is 6.04 Å². The van der Waals surface area contributed by atoms with E-state index in [1.165, 1.54) is 48.3 Å². The number of rotatable bonds is 3. The normalized spacial score (nSPS) is 24.3. The van der Waals surface area contributed by atoms with E-state index in [2.05, 4.69) is 44.7 Å². The quantitative estimate of drug-likeness (QED) is 0.778. The number of piperidine rings is 1. The Morgan fingerprint density at radius 2 is 1.70 bits per heavy atom. The van der Waals surface area contributed by atoms with Crippen LogP contribution in [0.1, 0.15) is 49.3 Å². The molecule has 1 unspecified atom stereocenters. The Morgan fingerprint density at radius 1 is 1.09 bits per heavy atom. The highest BCUT2D eigenvalue weighted by Crippen LogP contribution is 2.34. The molecule has 3 nitrogen and oxygen atoms in total. The molecular formula is C20H31N2O+. The number of quaternary nitrogens is 1. The van der Waals surface area contributed by atoms with Crippen molar-refractivity contribution in [2.45, 2.75) is 59.4 Å². The van der Waals surface area contributed by atoms with Crippen LogP contribution >= 0.6 is 0 Å². The van der Waals surface area contributed by atoms with Gasteiger partial charge in [-0.3, -0.25) is 4.79 Å². The summed E-state index contributed by atoms with van der Waals surface area (Å²) in [6.07, 6.45) is 4.75. The van der Waals surface area contributed by atoms with Gasteiger partial charge in [0.2, 0.25) is 0 Å². The Bertz CT molecular complexity index is 579. The van der Waals surface area contributed by atoms with Gasteiger partial charge in [0.1, 0.15) is 0 Å². The predicted octanol–water partition coefficient (Wildman–Crippen LogP) is 3.74. The van der Waals surface area contributed by atoms with Gasteiger partial charge >= 0.3 is 0 Å². The minimum absolute atomic E-state index is 0.177. The summed E-state index contributed by atoms with van der Waals surface area (Å²) in [5.74, 6) is 0.370. The molecule has 0 aromatic heterocycles. The maximum Gasteiger partial charge on any atom is 0.285 e. The van der Waals surface area contributed by atoms with Crippen LogP contribution in [0.2, 0.25) is 0 Å². The Hall–Kier alpha value is -1.35. The summed E-state index contributed by atoms with van der Waals surface area (Å²) in [7, 11) is 0. The number of nitrogens with zero attached hydrogens (tertiary/aromatic N) is 2. The average molecular weight is 315 g/mol. The van der Waals surface area contributed by atoms with Crippen LogP contribution in [0, 0.1) is 20.8 Å². The Labute approximate surface area is 140 Å². The molecule has 2 aliphatic heterocycles. The van der Waals surface area contributed by atoms with Crippen molar-refractivity contribution in [2.24, 2.45) is 0 Å². The molecule has 1 aromatic rings. The van der Waals surface area contributed by atoms with Crippen molar-refractivity contribution in [2.75, 3.05) is 31.1 Å². The lowest BCUT2D eigenvalue weighted by Crippen LogP contribution is -2.62. The highest BCUT2D eigenvalue weighted by Gasteiger charge is 2.46. The van der Waals surface area contributed by atoms with E-state index in [0.717, 1.165) is 30.4 Å². The molecule has 0 radical (unpaired) electrons.